The molecule has 2 saturated carbocycles. The highest BCUT2D eigenvalue weighted by Gasteiger charge is 2.59. The van der Waals surface area contributed by atoms with Gasteiger partial charge in [-0.2, -0.15) is 0 Å². The summed E-state index contributed by atoms with van der Waals surface area (Å²) >= 11 is 6.28. The van der Waals surface area contributed by atoms with Crippen LogP contribution in [0.5, 0.6) is 0 Å². The molecule has 2 bridgehead atoms. The van der Waals surface area contributed by atoms with Crippen LogP contribution in [0, 0.1) is 23.5 Å². The van der Waals surface area contributed by atoms with Gasteiger partial charge in [0.15, 0.2) is 21.5 Å². The Hall–Kier alpha value is -2.86. The van der Waals surface area contributed by atoms with Crippen LogP contribution >= 0.6 is 11.6 Å². The van der Waals surface area contributed by atoms with Crippen LogP contribution < -0.4 is 5.32 Å². The SMILES string of the molecule is O=C(Nc1ccc(F)c(F)c1)c1ccc(Cl)c(S(=O)(=O)[C@@H]2C[C@H]3CC[C@@H](C2)[C@@]3(O)C(O)Cc2ncc[nH]2)c1. The summed E-state index contributed by atoms with van der Waals surface area (Å²) < 4.78 is 54.1. The van der Waals surface area contributed by atoms with Crippen molar-refractivity contribution in [3.8, 4) is 0 Å². The zero-order valence-corrected chi connectivity index (χ0v) is 21.6. The lowest BCUT2D eigenvalue weighted by atomic mass is 9.70. The number of carbonyl (C=O) groups is 1. The predicted octanol–water partition coefficient (Wildman–Crippen LogP) is 3.89. The lowest BCUT2D eigenvalue weighted by Gasteiger charge is -2.45. The maximum absolute atomic E-state index is 13.7. The first kappa shape index (κ1) is 26.7. The van der Waals surface area contributed by atoms with Crippen molar-refractivity contribution in [3.63, 3.8) is 0 Å². The Morgan fingerprint density at radius 3 is 2.50 bits per heavy atom. The number of nitrogens with zero attached hydrogens (tertiary/aromatic N) is 1. The molecule has 1 aromatic heterocycles. The van der Waals surface area contributed by atoms with Gasteiger partial charge in [-0.05, 0) is 67.9 Å². The second-order valence-electron chi connectivity index (χ2n) is 9.98. The summed E-state index contributed by atoms with van der Waals surface area (Å²) in [7, 11) is -4.02. The predicted molar refractivity (Wildman–Crippen MR) is 135 cm³/mol. The van der Waals surface area contributed by atoms with Crippen LogP contribution in [-0.2, 0) is 16.3 Å². The summed E-state index contributed by atoms with van der Waals surface area (Å²) in [4.78, 5) is 19.5. The number of hydrogen-bond donors (Lipinski definition) is 4. The van der Waals surface area contributed by atoms with E-state index in [2.05, 4.69) is 15.3 Å². The molecular formula is C26H26ClF2N3O5S. The van der Waals surface area contributed by atoms with Crippen molar-refractivity contribution in [2.45, 2.75) is 54.0 Å². The van der Waals surface area contributed by atoms with E-state index in [0.29, 0.717) is 18.7 Å². The number of carbonyl (C=O) groups excluding carboxylic acids is 1. The number of aliphatic hydroxyl groups is 2. The molecule has 12 heteroatoms. The molecule has 2 fully saturated rings. The second-order valence-corrected chi connectivity index (χ2v) is 12.6. The fourth-order valence-electron chi connectivity index (χ4n) is 5.92. The molecule has 1 heterocycles. The van der Waals surface area contributed by atoms with E-state index in [-0.39, 0.29) is 40.4 Å². The quantitative estimate of drug-likeness (QED) is 0.344. The molecule has 1 amide bonds. The van der Waals surface area contributed by atoms with E-state index in [4.69, 9.17) is 11.6 Å². The van der Waals surface area contributed by atoms with Crippen molar-refractivity contribution < 1.29 is 32.2 Å². The normalized spacial score (nSPS) is 25.8. The average Bonchev–Trinajstić information content (AvgIpc) is 3.42. The molecular weight excluding hydrogens is 540 g/mol. The Kier molecular flexibility index (Phi) is 7.06. The van der Waals surface area contributed by atoms with Crippen molar-refractivity contribution in [1.29, 1.82) is 0 Å². The average molecular weight is 566 g/mol. The molecule has 5 rings (SSSR count). The van der Waals surface area contributed by atoms with E-state index in [0.717, 1.165) is 12.1 Å². The van der Waals surface area contributed by atoms with Gasteiger partial charge in [-0.25, -0.2) is 22.2 Å². The summed E-state index contributed by atoms with van der Waals surface area (Å²) in [5, 5.41) is 23.9. The van der Waals surface area contributed by atoms with Crippen LogP contribution in [0.1, 0.15) is 41.9 Å². The first-order valence-corrected chi connectivity index (χ1v) is 14.1. The van der Waals surface area contributed by atoms with Gasteiger partial charge < -0.3 is 20.5 Å². The van der Waals surface area contributed by atoms with Gasteiger partial charge >= 0.3 is 0 Å². The number of anilines is 1. The van der Waals surface area contributed by atoms with Crippen molar-refractivity contribution in [2.24, 2.45) is 11.8 Å². The number of aliphatic hydroxyl groups excluding tert-OH is 1. The number of benzene rings is 2. The van der Waals surface area contributed by atoms with Crippen molar-refractivity contribution in [1.82, 2.24) is 9.97 Å². The highest BCUT2D eigenvalue weighted by atomic mass is 35.5. The minimum atomic E-state index is -4.02. The van der Waals surface area contributed by atoms with Crippen LogP contribution in [0.15, 0.2) is 53.7 Å². The summed E-state index contributed by atoms with van der Waals surface area (Å²) in [6.45, 7) is 0. The Morgan fingerprint density at radius 1 is 1.16 bits per heavy atom. The van der Waals surface area contributed by atoms with Crippen molar-refractivity contribution in [2.75, 3.05) is 5.32 Å². The third-order valence-corrected chi connectivity index (χ3v) is 10.5. The van der Waals surface area contributed by atoms with Gasteiger partial charge in [-0.1, -0.05) is 11.6 Å². The number of fused-ring (bicyclic) bond motifs is 2. The van der Waals surface area contributed by atoms with Crippen LogP contribution in [0.4, 0.5) is 14.5 Å². The van der Waals surface area contributed by atoms with Gasteiger partial charge in [0.1, 0.15) is 5.82 Å². The Bertz CT molecular complexity index is 1450. The van der Waals surface area contributed by atoms with Gasteiger partial charge in [0.05, 0.1) is 26.9 Å². The lowest BCUT2D eigenvalue weighted by molar-refractivity contribution is -0.141. The number of H-pyrrole nitrogens is 1. The van der Waals surface area contributed by atoms with Crippen molar-refractivity contribution >= 4 is 33.0 Å². The fourth-order valence-corrected chi connectivity index (χ4v) is 8.32. The molecule has 0 spiro atoms. The number of rotatable bonds is 7. The maximum atomic E-state index is 13.7. The molecule has 0 aliphatic heterocycles. The van der Waals surface area contributed by atoms with E-state index in [1.54, 1.807) is 12.4 Å². The van der Waals surface area contributed by atoms with Gasteiger partial charge in [-0.15, -0.1) is 0 Å². The molecule has 2 aromatic carbocycles. The number of amides is 1. The molecule has 0 saturated heterocycles. The largest absolute Gasteiger partial charge is 0.390 e. The van der Waals surface area contributed by atoms with Crippen LogP contribution in [0.2, 0.25) is 5.02 Å². The zero-order valence-electron chi connectivity index (χ0n) is 20.1. The highest BCUT2D eigenvalue weighted by molar-refractivity contribution is 7.92. The molecule has 8 nitrogen and oxygen atoms in total. The van der Waals surface area contributed by atoms with Crippen LogP contribution in [-0.4, -0.2) is 51.5 Å². The van der Waals surface area contributed by atoms with Gasteiger partial charge in [0, 0.05) is 36.1 Å². The Morgan fingerprint density at radius 2 is 1.87 bits per heavy atom. The number of aromatic amines is 1. The van der Waals surface area contributed by atoms with Crippen LogP contribution in [0.25, 0.3) is 0 Å². The minimum Gasteiger partial charge on any atom is -0.390 e. The summed E-state index contributed by atoms with van der Waals surface area (Å²) in [6.07, 6.45) is 3.61. The number of imidazole rings is 1. The third-order valence-electron chi connectivity index (χ3n) is 7.86. The molecule has 2 aliphatic carbocycles. The molecule has 4 N–H and O–H groups in total. The van der Waals surface area contributed by atoms with E-state index in [9.17, 15) is 32.2 Å². The van der Waals surface area contributed by atoms with E-state index in [1.807, 2.05) is 0 Å². The van der Waals surface area contributed by atoms with Crippen LogP contribution in [0.3, 0.4) is 0 Å². The smallest absolute Gasteiger partial charge is 0.255 e. The summed E-state index contributed by atoms with van der Waals surface area (Å²) in [5.74, 6) is -3.27. The van der Waals surface area contributed by atoms with Gasteiger partial charge in [0.25, 0.3) is 5.91 Å². The number of sulfone groups is 1. The number of hydrogen-bond acceptors (Lipinski definition) is 6. The van der Waals surface area contributed by atoms with Crippen molar-refractivity contribution in [3.05, 3.63) is 76.8 Å². The molecule has 2 aliphatic rings. The first-order valence-electron chi connectivity index (χ1n) is 12.2. The maximum Gasteiger partial charge on any atom is 0.255 e. The lowest BCUT2D eigenvalue weighted by Crippen LogP contribution is -2.56. The Balaban J connectivity index is 1.36. The molecule has 38 heavy (non-hydrogen) atoms. The molecule has 0 radical (unpaired) electrons. The van der Waals surface area contributed by atoms with Gasteiger partial charge in [0.2, 0.25) is 0 Å². The van der Waals surface area contributed by atoms with E-state index in [1.165, 1.54) is 24.3 Å². The molecule has 5 atom stereocenters. The second kappa shape index (κ2) is 10.0. The monoisotopic (exact) mass is 565 g/mol. The number of aromatic nitrogens is 2. The number of nitrogens with one attached hydrogen (secondary N) is 2. The molecule has 1 unspecified atom stereocenters. The third kappa shape index (κ3) is 4.72. The minimum absolute atomic E-state index is 0.00417. The summed E-state index contributed by atoms with van der Waals surface area (Å²) in [6, 6.07) is 6.68. The first-order chi connectivity index (χ1) is 18.0. The zero-order chi connectivity index (χ0) is 27.2. The van der Waals surface area contributed by atoms with Gasteiger partial charge in [-0.3, -0.25) is 4.79 Å². The van der Waals surface area contributed by atoms with E-state index < -0.39 is 56.2 Å². The molecule has 202 valence electrons. The standard InChI is InChI=1S/C26H26ClF2N3O5S/c27-19-5-1-14(25(34)32-17-4-6-20(28)21(29)12-17)9-22(19)38(36,37)18-10-15-2-3-16(11-18)26(15,35)23(33)13-24-30-7-8-31-24/h1,4-9,12,15-16,18,23,33,35H,2-3,10-11,13H2,(H,30,31)(H,32,34)/t15-,16+,18-,23?,26-. The Labute approximate surface area is 223 Å². The topological polar surface area (TPSA) is 132 Å². The molecule has 3 aromatic rings. The van der Waals surface area contributed by atoms with E-state index >= 15 is 0 Å². The highest BCUT2D eigenvalue weighted by Crippen LogP contribution is 2.53. The number of halogens is 3. The fraction of sp³-hybridized carbons (Fsp3) is 0.385. The summed E-state index contributed by atoms with van der Waals surface area (Å²) in [5.41, 5.74) is -1.46.